The number of hydrogen-bond acceptors (Lipinski definition) is 4. The summed E-state index contributed by atoms with van der Waals surface area (Å²) in [6, 6.07) is 9.28. The summed E-state index contributed by atoms with van der Waals surface area (Å²) in [7, 11) is 1.61. The van der Waals surface area contributed by atoms with Crippen LogP contribution < -0.4 is 15.4 Å². The zero-order valence-corrected chi connectivity index (χ0v) is 10.6. The van der Waals surface area contributed by atoms with Crippen LogP contribution in [0.5, 0.6) is 5.75 Å². The van der Waals surface area contributed by atoms with E-state index in [0.717, 1.165) is 11.3 Å². The van der Waals surface area contributed by atoms with E-state index in [4.69, 9.17) is 15.9 Å². The minimum Gasteiger partial charge on any atom is -0.496 e. The number of para-hydroxylation sites is 1. The van der Waals surface area contributed by atoms with Crippen LogP contribution in [0.3, 0.4) is 0 Å². The summed E-state index contributed by atoms with van der Waals surface area (Å²) in [5.74, 6) is 1.02. The first kappa shape index (κ1) is 12.8. The third-order valence-electron chi connectivity index (χ3n) is 2.61. The molecule has 0 saturated carbocycles. The highest BCUT2D eigenvalue weighted by Gasteiger charge is 2.14. The predicted molar refractivity (Wildman–Crippen MR) is 73.1 cm³/mol. The average Bonchev–Trinajstić information content (AvgIpc) is 2.45. The highest BCUT2D eigenvalue weighted by molar-refractivity contribution is 5.90. The average molecular weight is 257 g/mol. The first-order valence-electron chi connectivity index (χ1n) is 5.73. The molecule has 0 radical (unpaired) electrons. The van der Waals surface area contributed by atoms with Crippen molar-refractivity contribution in [1.29, 1.82) is 5.41 Å². The second kappa shape index (κ2) is 5.81. The zero-order valence-electron chi connectivity index (χ0n) is 10.6. The van der Waals surface area contributed by atoms with E-state index in [1.807, 2.05) is 24.3 Å². The number of rotatable bonds is 4. The SMILES string of the molecule is COc1ccccc1CN(C(=N)N)c1ncccn1. The van der Waals surface area contributed by atoms with Crippen molar-refractivity contribution in [3.05, 3.63) is 48.3 Å². The molecule has 2 aromatic rings. The van der Waals surface area contributed by atoms with Crippen LogP contribution in [-0.2, 0) is 6.54 Å². The lowest BCUT2D eigenvalue weighted by Gasteiger charge is -2.21. The molecule has 0 atom stereocenters. The third-order valence-corrected chi connectivity index (χ3v) is 2.61. The molecular formula is C13H15N5O. The number of nitrogens with zero attached hydrogens (tertiary/aromatic N) is 3. The molecule has 2 rings (SSSR count). The van der Waals surface area contributed by atoms with Crippen LogP contribution >= 0.6 is 0 Å². The van der Waals surface area contributed by atoms with Crippen molar-refractivity contribution in [3.8, 4) is 5.75 Å². The molecule has 3 N–H and O–H groups in total. The zero-order chi connectivity index (χ0) is 13.7. The van der Waals surface area contributed by atoms with E-state index in [-0.39, 0.29) is 5.96 Å². The van der Waals surface area contributed by atoms with Crippen molar-refractivity contribution in [1.82, 2.24) is 9.97 Å². The van der Waals surface area contributed by atoms with E-state index < -0.39 is 0 Å². The highest BCUT2D eigenvalue weighted by Crippen LogP contribution is 2.20. The Bertz CT molecular complexity index is 558. The van der Waals surface area contributed by atoms with Crippen molar-refractivity contribution in [2.75, 3.05) is 12.0 Å². The van der Waals surface area contributed by atoms with Gasteiger partial charge in [0.1, 0.15) is 5.75 Å². The molecule has 0 bridgehead atoms. The molecule has 19 heavy (non-hydrogen) atoms. The Labute approximate surface area is 111 Å². The molecule has 6 nitrogen and oxygen atoms in total. The molecule has 1 aromatic heterocycles. The number of hydrogen-bond donors (Lipinski definition) is 2. The maximum absolute atomic E-state index is 7.65. The summed E-state index contributed by atoms with van der Waals surface area (Å²) in [5.41, 5.74) is 6.51. The summed E-state index contributed by atoms with van der Waals surface area (Å²) in [6.45, 7) is 0.378. The lowest BCUT2D eigenvalue weighted by molar-refractivity contribution is 0.409. The fraction of sp³-hybridized carbons (Fsp3) is 0.154. The number of anilines is 1. The largest absolute Gasteiger partial charge is 0.496 e. The molecule has 0 fully saturated rings. The van der Waals surface area contributed by atoms with E-state index in [2.05, 4.69) is 9.97 Å². The maximum Gasteiger partial charge on any atom is 0.232 e. The lowest BCUT2D eigenvalue weighted by atomic mass is 10.2. The number of benzene rings is 1. The standard InChI is InChI=1S/C13H15N5O/c1-19-11-6-3-2-5-10(11)9-18(12(14)15)13-16-7-4-8-17-13/h2-8H,9H2,1H3,(H3,14,15). The number of nitrogens with two attached hydrogens (primary N) is 1. The third kappa shape index (κ3) is 2.98. The minimum absolute atomic E-state index is 0.114. The summed E-state index contributed by atoms with van der Waals surface area (Å²) in [4.78, 5) is 9.72. The first-order valence-corrected chi connectivity index (χ1v) is 5.73. The van der Waals surface area contributed by atoms with Crippen molar-refractivity contribution in [2.45, 2.75) is 6.54 Å². The molecule has 0 spiro atoms. The van der Waals surface area contributed by atoms with E-state index in [1.54, 1.807) is 25.6 Å². The normalized spacial score (nSPS) is 9.95. The van der Waals surface area contributed by atoms with Gasteiger partial charge in [-0.1, -0.05) is 18.2 Å². The van der Waals surface area contributed by atoms with Crippen molar-refractivity contribution >= 4 is 11.9 Å². The molecule has 1 heterocycles. The van der Waals surface area contributed by atoms with Crippen molar-refractivity contribution in [2.24, 2.45) is 5.73 Å². The summed E-state index contributed by atoms with van der Waals surface area (Å²) < 4.78 is 5.28. The van der Waals surface area contributed by atoms with Crippen LogP contribution in [0.15, 0.2) is 42.7 Å². The van der Waals surface area contributed by atoms with Crippen LogP contribution in [-0.4, -0.2) is 23.0 Å². The van der Waals surface area contributed by atoms with Gasteiger partial charge in [-0.2, -0.15) is 0 Å². The van der Waals surface area contributed by atoms with Gasteiger partial charge in [0, 0.05) is 18.0 Å². The van der Waals surface area contributed by atoms with Crippen LogP contribution in [0.1, 0.15) is 5.56 Å². The molecule has 1 aromatic carbocycles. The number of guanidine groups is 1. The van der Waals surface area contributed by atoms with E-state index in [0.29, 0.717) is 12.5 Å². The maximum atomic E-state index is 7.65. The van der Waals surface area contributed by atoms with E-state index >= 15 is 0 Å². The number of ether oxygens (including phenoxy) is 1. The van der Waals surface area contributed by atoms with Gasteiger partial charge in [0.15, 0.2) is 5.96 Å². The molecule has 0 aliphatic heterocycles. The van der Waals surface area contributed by atoms with Gasteiger partial charge in [-0.25, -0.2) is 9.97 Å². The molecule has 0 saturated heterocycles. The van der Waals surface area contributed by atoms with Gasteiger partial charge < -0.3 is 10.5 Å². The molecule has 0 unspecified atom stereocenters. The second-order valence-electron chi connectivity index (χ2n) is 3.83. The van der Waals surface area contributed by atoms with Gasteiger partial charge in [0.05, 0.1) is 13.7 Å². The minimum atomic E-state index is -0.114. The lowest BCUT2D eigenvalue weighted by Crippen LogP contribution is -2.37. The van der Waals surface area contributed by atoms with Crippen LogP contribution in [0.2, 0.25) is 0 Å². The van der Waals surface area contributed by atoms with E-state index in [9.17, 15) is 0 Å². The Hall–Kier alpha value is -2.63. The summed E-state index contributed by atoms with van der Waals surface area (Å²) in [6.07, 6.45) is 3.22. The predicted octanol–water partition coefficient (Wildman–Crippen LogP) is 1.39. The molecular weight excluding hydrogens is 242 g/mol. The Kier molecular flexibility index (Phi) is 3.92. The Morgan fingerprint density at radius 1 is 1.26 bits per heavy atom. The van der Waals surface area contributed by atoms with Crippen molar-refractivity contribution < 1.29 is 4.74 Å². The van der Waals surface area contributed by atoms with Gasteiger partial charge in [-0.05, 0) is 12.1 Å². The summed E-state index contributed by atoms with van der Waals surface area (Å²) in [5, 5.41) is 7.65. The van der Waals surface area contributed by atoms with Gasteiger partial charge in [0.2, 0.25) is 5.95 Å². The molecule has 98 valence electrons. The van der Waals surface area contributed by atoms with Gasteiger partial charge in [-0.3, -0.25) is 10.3 Å². The number of aromatic nitrogens is 2. The van der Waals surface area contributed by atoms with Crippen LogP contribution in [0.25, 0.3) is 0 Å². The first-order chi connectivity index (χ1) is 9.22. The Morgan fingerprint density at radius 3 is 2.58 bits per heavy atom. The molecule has 0 aliphatic carbocycles. The fourth-order valence-corrected chi connectivity index (χ4v) is 1.70. The Balaban J connectivity index is 2.30. The second-order valence-corrected chi connectivity index (χ2v) is 3.83. The monoisotopic (exact) mass is 257 g/mol. The van der Waals surface area contributed by atoms with Gasteiger partial charge in [0.25, 0.3) is 0 Å². The molecule has 6 heteroatoms. The van der Waals surface area contributed by atoms with Gasteiger partial charge in [-0.15, -0.1) is 0 Å². The Morgan fingerprint density at radius 2 is 1.95 bits per heavy atom. The number of methoxy groups -OCH3 is 1. The van der Waals surface area contributed by atoms with Crippen molar-refractivity contribution in [3.63, 3.8) is 0 Å². The van der Waals surface area contributed by atoms with Gasteiger partial charge >= 0.3 is 0 Å². The molecule has 0 amide bonds. The quantitative estimate of drug-likeness (QED) is 0.638. The topological polar surface area (TPSA) is 88.1 Å². The summed E-state index contributed by atoms with van der Waals surface area (Å²) >= 11 is 0. The van der Waals surface area contributed by atoms with Crippen LogP contribution in [0.4, 0.5) is 5.95 Å². The fourth-order valence-electron chi connectivity index (χ4n) is 1.70. The highest BCUT2D eigenvalue weighted by atomic mass is 16.5. The molecule has 0 aliphatic rings. The number of nitrogens with one attached hydrogen (secondary N) is 1. The van der Waals surface area contributed by atoms with E-state index in [1.165, 1.54) is 4.90 Å². The smallest absolute Gasteiger partial charge is 0.232 e. The van der Waals surface area contributed by atoms with Crippen LogP contribution in [0, 0.1) is 5.41 Å².